The van der Waals surface area contributed by atoms with Crippen molar-refractivity contribution in [1.82, 2.24) is 0 Å². The molecular formula is C15H20N2O2S. The van der Waals surface area contributed by atoms with Crippen molar-refractivity contribution in [2.24, 2.45) is 5.41 Å². The molecule has 4 nitrogen and oxygen atoms in total. The van der Waals surface area contributed by atoms with Gasteiger partial charge in [0.25, 0.3) is 0 Å². The van der Waals surface area contributed by atoms with E-state index in [0.29, 0.717) is 30.6 Å². The van der Waals surface area contributed by atoms with Crippen molar-refractivity contribution in [2.75, 3.05) is 18.1 Å². The Morgan fingerprint density at radius 3 is 2.55 bits per heavy atom. The number of hydrogen-bond donors (Lipinski definition) is 2. The van der Waals surface area contributed by atoms with Crippen molar-refractivity contribution in [3.05, 3.63) is 23.8 Å². The molecule has 20 heavy (non-hydrogen) atoms. The first-order chi connectivity index (χ1) is 9.54. The molecule has 0 heterocycles. The van der Waals surface area contributed by atoms with Crippen molar-refractivity contribution in [1.29, 1.82) is 5.26 Å². The number of benzene rings is 1. The second kappa shape index (κ2) is 7.20. The highest BCUT2D eigenvalue weighted by Gasteiger charge is 2.34. The van der Waals surface area contributed by atoms with Gasteiger partial charge in [0.2, 0.25) is 0 Å². The third-order valence-corrected chi connectivity index (χ3v) is 4.56. The molecule has 1 aromatic rings. The first-order valence-corrected chi connectivity index (χ1v) is 7.81. The van der Waals surface area contributed by atoms with Gasteiger partial charge in [-0.3, -0.25) is 4.79 Å². The maximum atomic E-state index is 11.5. The summed E-state index contributed by atoms with van der Waals surface area (Å²) < 4.78 is 0. The maximum absolute atomic E-state index is 11.5. The van der Waals surface area contributed by atoms with Crippen molar-refractivity contribution < 1.29 is 9.90 Å². The Hall–Kier alpha value is -1.67. The fourth-order valence-electron chi connectivity index (χ4n) is 2.11. The van der Waals surface area contributed by atoms with Gasteiger partial charge >= 0.3 is 5.97 Å². The van der Waals surface area contributed by atoms with Crippen LogP contribution in [-0.2, 0) is 4.79 Å². The van der Waals surface area contributed by atoms with Gasteiger partial charge in [0.1, 0.15) is 6.07 Å². The summed E-state index contributed by atoms with van der Waals surface area (Å²) in [6.07, 6.45) is 3.02. The van der Waals surface area contributed by atoms with Crippen LogP contribution in [0.1, 0.15) is 32.3 Å². The average molecular weight is 292 g/mol. The molecule has 0 radical (unpaired) electrons. The minimum Gasteiger partial charge on any atom is -0.481 e. The Bertz CT molecular complexity index is 519. The molecule has 1 aromatic carbocycles. The van der Waals surface area contributed by atoms with Crippen molar-refractivity contribution in [3.8, 4) is 6.07 Å². The van der Waals surface area contributed by atoms with Gasteiger partial charge < -0.3 is 10.4 Å². The van der Waals surface area contributed by atoms with E-state index < -0.39 is 11.4 Å². The second-order valence-electron chi connectivity index (χ2n) is 4.64. The minimum atomic E-state index is -0.797. The Labute approximate surface area is 124 Å². The summed E-state index contributed by atoms with van der Waals surface area (Å²) in [6, 6.07) is 7.76. The van der Waals surface area contributed by atoms with Crippen LogP contribution in [0.3, 0.4) is 0 Å². The van der Waals surface area contributed by atoms with E-state index >= 15 is 0 Å². The highest BCUT2D eigenvalue weighted by molar-refractivity contribution is 7.98. The number of carboxylic acids is 1. The minimum absolute atomic E-state index is 0.321. The number of anilines is 1. The number of nitriles is 1. The van der Waals surface area contributed by atoms with Crippen LogP contribution in [0.4, 0.5) is 5.69 Å². The van der Waals surface area contributed by atoms with E-state index in [1.165, 1.54) is 11.8 Å². The number of rotatable bonds is 7. The van der Waals surface area contributed by atoms with Crippen LogP contribution in [0.2, 0.25) is 0 Å². The Morgan fingerprint density at radius 1 is 1.45 bits per heavy atom. The Kier molecular flexibility index (Phi) is 5.90. The van der Waals surface area contributed by atoms with Crippen LogP contribution < -0.4 is 5.32 Å². The lowest BCUT2D eigenvalue weighted by atomic mass is 9.82. The van der Waals surface area contributed by atoms with Crippen LogP contribution in [0.25, 0.3) is 0 Å². The topological polar surface area (TPSA) is 73.1 Å². The van der Waals surface area contributed by atoms with E-state index in [4.69, 9.17) is 0 Å². The molecule has 0 unspecified atom stereocenters. The molecule has 5 heteroatoms. The third kappa shape index (κ3) is 3.26. The van der Waals surface area contributed by atoms with Crippen LogP contribution in [-0.4, -0.2) is 23.9 Å². The molecule has 0 bridgehead atoms. The number of nitrogens with zero attached hydrogens (tertiary/aromatic N) is 1. The van der Waals surface area contributed by atoms with Gasteiger partial charge in [-0.2, -0.15) is 5.26 Å². The first-order valence-electron chi connectivity index (χ1n) is 6.59. The largest absolute Gasteiger partial charge is 0.481 e. The first kappa shape index (κ1) is 16.4. The second-order valence-corrected chi connectivity index (χ2v) is 5.49. The molecule has 108 valence electrons. The predicted octanol–water partition coefficient (Wildman–Crippen LogP) is 3.58. The summed E-state index contributed by atoms with van der Waals surface area (Å²) in [7, 11) is 0. The van der Waals surface area contributed by atoms with Crippen LogP contribution >= 0.6 is 11.8 Å². The lowest BCUT2D eigenvalue weighted by molar-refractivity contribution is -0.148. The fraction of sp³-hybridized carbons (Fsp3) is 0.467. The molecule has 0 saturated carbocycles. The SMILES string of the molecule is CCC(CC)(CNc1cccc(SC)c1C#N)C(=O)O. The maximum Gasteiger partial charge on any atom is 0.311 e. The Balaban J connectivity index is 3.00. The van der Waals surface area contributed by atoms with Gasteiger partial charge in [-0.05, 0) is 31.2 Å². The quantitative estimate of drug-likeness (QED) is 0.751. The summed E-state index contributed by atoms with van der Waals surface area (Å²) in [4.78, 5) is 12.4. The molecule has 0 amide bonds. The number of carbonyl (C=O) groups is 1. The lowest BCUT2D eigenvalue weighted by Crippen LogP contribution is -2.37. The van der Waals surface area contributed by atoms with E-state index in [2.05, 4.69) is 11.4 Å². The molecule has 1 rings (SSSR count). The molecule has 0 aliphatic heterocycles. The van der Waals surface area contributed by atoms with E-state index in [0.717, 1.165) is 4.90 Å². The Morgan fingerprint density at radius 2 is 2.10 bits per heavy atom. The zero-order chi connectivity index (χ0) is 15.2. The van der Waals surface area contributed by atoms with Gasteiger partial charge in [0.15, 0.2) is 0 Å². The number of aliphatic carboxylic acids is 1. The van der Waals surface area contributed by atoms with Gasteiger partial charge in [-0.15, -0.1) is 11.8 Å². The summed E-state index contributed by atoms with van der Waals surface area (Å²) in [6.45, 7) is 4.08. The van der Waals surface area contributed by atoms with Crippen molar-refractivity contribution >= 4 is 23.4 Å². The van der Waals surface area contributed by atoms with Crippen molar-refractivity contribution in [2.45, 2.75) is 31.6 Å². The van der Waals surface area contributed by atoms with Crippen LogP contribution in [0.5, 0.6) is 0 Å². The number of thioether (sulfide) groups is 1. The van der Waals surface area contributed by atoms with Crippen molar-refractivity contribution in [3.63, 3.8) is 0 Å². The normalized spacial score (nSPS) is 10.9. The lowest BCUT2D eigenvalue weighted by Gasteiger charge is -2.27. The van der Waals surface area contributed by atoms with Crippen LogP contribution in [0.15, 0.2) is 23.1 Å². The van der Waals surface area contributed by atoms with Gasteiger partial charge in [-0.25, -0.2) is 0 Å². The molecule has 0 aromatic heterocycles. The van der Waals surface area contributed by atoms with E-state index in [-0.39, 0.29) is 0 Å². The zero-order valence-corrected chi connectivity index (χ0v) is 12.9. The molecule has 0 aliphatic carbocycles. The van der Waals surface area contributed by atoms with Crippen LogP contribution in [0, 0.1) is 16.7 Å². The number of nitrogens with one attached hydrogen (secondary N) is 1. The summed E-state index contributed by atoms with van der Waals surface area (Å²) in [5.74, 6) is -0.797. The predicted molar refractivity (Wildman–Crippen MR) is 82.1 cm³/mol. The monoisotopic (exact) mass is 292 g/mol. The number of carboxylic acid groups (broad SMARTS) is 1. The smallest absolute Gasteiger partial charge is 0.311 e. The highest BCUT2D eigenvalue weighted by atomic mass is 32.2. The molecule has 2 N–H and O–H groups in total. The summed E-state index contributed by atoms with van der Waals surface area (Å²) in [5.41, 5.74) is 0.487. The fourth-order valence-corrected chi connectivity index (χ4v) is 2.68. The molecule has 0 saturated heterocycles. The van der Waals surface area contributed by atoms with Gasteiger partial charge in [-0.1, -0.05) is 19.9 Å². The van der Waals surface area contributed by atoms with Gasteiger partial charge in [0.05, 0.1) is 16.7 Å². The average Bonchev–Trinajstić information content (AvgIpc) is 2.47. The molecular weight excluding hydrogens is 272 g/mol. The molecule has 0 fully saturated rings. The standard InChI is InChI=1S/C15H20N2O2S/c1-4-15(5-2,14(18)19)10-17-12-7-6-8-13(20-3)11(12)9-16/h6-8,17H,4-5,10H2,1-3H3,(H,18,19). The summed E-state index contributed by atoms with van der Waals surface area (Å²) in [5, 5.41) is 21.8. The van der Waals surface area contributed by atoms with E-state index in [1.54, 1.807) is 0 Å². The number of hydrogen-bond acceptors (Lipinski definition) is 4. The van der Waals surface area contributed by atoms with Gasteiger partial charge in [0, 0.05) is 11.4 Å². The van der Waals surface area contributed by atoms with E-state index in [1.807, 2.05) is 38.3 Å². The molecule has 0 spiro atoms. The third-order valence-electron chi connectivity index (χ3n) is 3.78. The van der Waals surface area contributed by atoms with E-state index in [9.17, 15) is 15.2 Å². The zero-order valence-electron chi connectivity index (χ0n) is 12.1. The molecule has 0 atom stereocenters. The molecule has 0 aliphatic rings. The highest BCUT2D eigenvalue weighted by Crippen LogP contribution is 2.30. The summed E-state index contributed by atoms with van der Waals surface area (Å²) >= 11 is 1.51.